The molecule has 0 aliphatic carbocycles. The van der Waals surface area contributed by atoms with Crippen LogP contribution in [0.15, 0.2) is 18.2 Å². The quantitative estimate of drug-likeness (QED) is 0.490. The Balaban J connectivity index is 1.93. The molecule has 3 atom stereocenters. The summed E-state index contributed by atoms with van der Waals surface area (Å²) in [5.41, 5.74) is 5.97. The Morgan fingerprint density at radius 3 is 2.66 bits per heavy atom. The van der Waals surface area contributed by atoms with E-state index in [1.807, 2.05) is 0 Å². The second kappa shape index (κ2) is 12.7. The fourth-order valence-electron chi connectivity index (χ4n) is 4.57. The van der Waals surface area contributed by atoms with E-state index in [1.54, 1.807) is 4.90 Å². The molecule has 1 saturated heterocycles. The van der Waals surface area contributed by atoms with E-state index in [4.69, 9.17) is 10.5 Å². The Kier molecular flexibility index (Phi) is 9.61. The van der Waals surface area contributed by atoms with Gasteiger partial charge in [0.1, 0.15) is 24.2 Å². The normalized spacial score (nSPS) is 23.1. The number of nitrogens with zero attached hydrogens (tertiary/aromatic N) is 3. The average Bonchev–Trinajstić information content (AvgIpc) is 3.26. The maximum atomic E-state index is 14.2. The second-order valence-electron chi connectivity index (χ2n) is 9.48. The lowest BCUT2D eigenvalue weighted by atomic mass is 10.1. The molecule has 13 heteroatoms. The van der Waals surface area contributed by atoms with E-state index in [-0.39, 0.29) is 62.2 Å². The van der Waals surface area contributed by atoms with Crippen LogP contribution in [0.3, 0.4) is 0 Å². The Morgan fingerprint density at radius 1 is 1.21 bits per heavy atom. The topological polar surface area (TPSA) is 152 Å². The van der Waals surface area contributed by atoms with Crippen LogP contribution in [-0.4, -0.2) is 110 Å². The fraction of sp³-hybridized carbons (Fsp3) is 0.560. The number of benzene rings is 1. The smallest absolute Gasteiger partial charge is 0.307 e. The van der Waals surface area contributed by atoms with Crippen molar-refractivity contribution < 1.29 is 37.8 Å². The first kappa shape index (κ1) is 28.8. The van der Waals surface area contributed by atoms with Gasteiger partial charge in [0.25, 0.3) is 5.91 Å². The Morgan fingerprint density at radius 2 is 1.95 bits per heavy atom. The van der Waals surface area contributed by atoms with Gasteiger partial charge in [0.15, 0.2) is 0 Å². The fourth-order valence-corrected chi connectivity index (χ4v) is 4.57. The van der Waals surface area contributed by atoms with Gasteiger partial charge in [0, 0.05) is 39.6 Å². The first-order chi connectivity index (χ1) is 18.0. The summed E-state index contributed by atoms with van der Waals surface area (Å²) < 4.78 is 24.7. The van der Waals surface area contributed by atoms with Crippen LogP contribution in [0.5, 0.6) is 5.75 Å². The summed E-state index contributed by atoms with van der Waals surface area (Å²) in [6.45, 7) is 0.0690. The zero-order chi connectivity index (χ0) is 28.0. The first-order valence-electron chi connectivity index (χ1n) is 12.3. The zero-order valence-corrected chi connectivity index (χ0v) is 21.8. The third kappa shape index (κ3) is 6.97. The van der Waals surface area contributed by atoms with E-state index >= 15 is 0 Å². The number of hydrogen-bond acceptors (Lipinski definition) is 8. The van der Waals surface area contributed by atoms with Crippen molar-refractivity contribution >= 4 is 29.6 Å². The summed E-state index contributed by atoms with van der Waals surface area (Å²) in [6.07, 6.45) is 0.152. The molecule has 0 unspecified atom stereocenters. The number of amides is 4. The summed E-state index contributed by atoms with van der Waals surface area (Å²) in [4.78, 5) is 67.8. The number of hydrogen-bond donors (Lipinski definition) is 2. The minimum Gasteiger partial charge on any atom is -0.491 e. The highest BCUT2D eigenvalue weighted by Crippen LogP contribution is 2.25. The van der Waals surface area contributed by atoms with Crippen molar-refractivity contribution in [2.45, 2.75) is 43.8 Å². The van der Waals surface area contributed by atoms with Crippen molar-refractivity contribution in [1.82, 2.24) is 20.0 Å². The summed E-state index contributed by atoms with van der Waals surface area (Å²) in [7, 11) is 4.08. The molecule has 1 fully saturated rings. The highest BCUT2D eigenvalue weighted by Gasteiger charge is 2.36. The molecule has 3 rings (SSSR count). The van der Waals surface area contributed by atoms with Gasteiger partial charge in [0.05, 0.1) is 31.7 Å². The number of fused-ring (bicyclic) bond motifs is 2. The number of likely N-dealkylation sites (N-methyl/N-ethyl adjacent to an activating group) is 2. The molecule has 2 heterocycles. The van der Waals surface area contributed by atoms with Crippen molar-refractivity contribution in [3.8, 4) is 5.75 Å². The van der Waals surface area contributed by atoms with Gasteiger partial charge in [-0.25, -0.2) is 4.39 Å². The predicted molar refractivity (Wildman–Crippen MR) is 132 cm³/mol. The summed E-state index contributed by atoms with van der Waals surface area (Å²) in [6, 6.07) is 1.68. The molecule has 12 nitrogen and oxygen atoms in total. The molecular formula is C25H34FN5O7. The SMILES string of the molecule is COC(=O)CCNC(=O)[C@@H]1CCC(=O)N(C)CC(=O)N2C[C@@H](N)C[C@H]2COc2ccc(F)cc2C(=O)N1C. The third-order valence-corrected chi connectivity index (χ3v) is 6.75. The molecule has 0 saturated carbocycles. The summed E-state index contributed by atoms with van der Waals surface area (Å²) >= 11 is 0. The monoisotopic (exact) mass is 535 g/mol. The van der Waals surface area contributed by atoms with Gasteiger partial charge in [-0.05, 0) is 31.0 Å². The molecule has 208 valence electrons. The third-order valence-electron chi connectivity index (χ3n) is 6.75. The number of carbonyl (C=O) groups excluding carboxylic acids is 5. The van der Waals surface area contributed by atoms with Crippen LogP contribution in [0.4, 0.5) is 4.39 Å². The number of ether oxygens (including phenoxy) is 2. The van der Waals surface area contributed by atoms with Gasteiger partial charge in [-0.3, -0.25) is 24.0 Å². The number of rotatable bonds is 4. The standard InChI is InChI=1S/C25H34FN5O7/c1-29-13-22(33)31-12-16(27)11-17(31)14-38-20-6-4-15(26)10-18(20)25(36)30(2)19(5-7-21(29)32)24(35)28-9-8-23(34)37-3/h4,6,10,16-17,19H,5,7-9,11-14,27H2,1-3H3,(H,28,35)/t16-,17-,19-/m0/s1. The molecule has 2 aliphatic heterocycles. The number of nitrogens with one attached hydrogen (secondary N) is 1. The lowest BCUT2D eigenvalue weighted by Gasteiger charge is -2.28. The molecular weight excluding hydrogens is 501 g/mol. The Labute approximate surface area is 220 Å². The van der Waals surface area contributed by atoms with Crippen LogP contribution in [0, 0.1) is 5.82 Å². The van der Waals surface area contributed by atoms with Crippen LogP contribution >= 0.6 is 0 Å². The molecule has 1 aromatic rings. The van der Waals surface area contributed by atoms with Crippen LogP contribution in [0.2, 0.25) is 0 Å². The number of halogens is 1. The first-order valence-corrected chi connectivity index (χ1v) is 12.3. The molecule has 0 aromatic heterocycles. The van der Waals surface area contributed by atoms with Crippen molar-refractivity contribution in [2.75, 3.05) is 47.4 Å². The number of nitrogens with two attached hydrogens (primary N) is 1. The number of methoxy groups -OCH3 is 1. The van der Waals surface area contributed by atoms with Gasteiger partial charge in [0.2, 0.25) is 17.7 Å². The summed E-state index contributed by atoms with van der Waals surface area (Å²) in [5, 5.41) is 2.58. The molecule has 4 amide bonds. The van der Waals surface area contributed by atoms with Gasteiger partial charge in [-0.1, -0.05) is 0 Å². The van der Waals surface area contributed by atoms with E-state index < -0.39 is 41.6 Å². The highest BCUT2D eigenvalue weighted by atomic mass is 19.1. The Hall–Kier alpha value is -3.74. The average molecular weight is 536 g/mol. The lowest BCUT2D eigenvalue weighted by molar-refractivity contribution is -0.141. The molecule has 2 aliphatic rings. The van der Waals surface area contributed by atoms with E-state index in [0.29, 0.717) is 13.0 Å². The van der Waals surface area contributed by atoms with Gasteiger partial charge < -0.3 is 35.2 Å². The minimum absolute atomic E-state index is 0.00414. The summed E-state index contributed by atoms with van der Waals surface area (Å²) in [5.74, 6) is -3.12. The van der Waals surface area contributed by atoms with Gasteiger partial charge in [-0.2, -0.15) is 0 Å². The van der Waals surface area contributed by atoms with Crippen molar-refractivity contribution in [3.05, 3.63) is 29.6 Å². The van der Waals surface area contributed by atoms with E-state index in [2.05, 4.69) is 10.1 Å². The van der Waals surface area contributed by atoms with E-state index in [1.165, 1.54) is 32.2 Å². The molecule has 0 radical (unpaired) electrons. The largest absolute Gasteiger partial charge is 0.491 e. The maximum absolute atomic E-state index is 14.2. The van der Waals surface area contributed by atoms with Crippen LogP contribution < -0.4 is 15.8 Å². The van der Waals surface area contributed by atoms with Crippen molar-refractivity contribution in [2.24, 2.45) is 5.73 Å². The van der Waals surface area contributed by atoms with Crippen LogP contribution in [0.25, 0.3) is 0 Å². The number of esters is 1. The van der Waals surface area contributed by atoms with E-state index in [9.17, 15) is 28.4 Å². The van der Waals surface area contributed by atoms with Gasteiger partial charge in [-0.15, -0.1) is 0 Å². The Bertz CT molecular complexity index is 1080. The van der Waals surface area contributed by atoms with Crippen molar-refractivity contribution in [3.63, 3.8) is 0 Å². The highest BCUT2D eigenvalue weighted by molar-refractivity contribution is 5.99. The zero-order valence-electron chi connectivity index (χ0n) is 21.8. The van der Waals surface area contributed by atoms with Crippen LogP contribution in [-0.2, 0) is 23.9 Å². The predicted octanol–water partition coefficient (Wildman–Crippen LogP) is -0.495. The second-order valence-corrected chi connectivity index (χ2v) is 9.48. The molecule has 0 spiro atoms. The van der Waals surface area contributed by atoms with E-state index in [0.717, 1.165) is 17.0 Å². The molecule has 0 bridgehead atoms. The molecule has 38 heavy (non-hydrogen) atoms. The minimum atomic E-state index is -1.13. The maximum Gasteiger partial charge on any atom is 0.307 e. The lowest BCUT2D eigenvalue weighted by Crippen LogP contribution is -2.49. The molecule has 1 aromatic carbocycles. The number of carbonyl (C=O) groups is 5. The van der Waals surface area contributed by atoms with Crippen molar-refractivity contribution in [1.29, 1.82) is 0 Å². The van der Waals surface area contributed by atoms with Gasteiger partial charge >= 0.3 is 5.97 Å². The van der Waals surface area contributed by atoms with Crippen LogP contribution in [0.1, 0.15) is 36.0 Å². The molecule has 3 N–H and O–H groups in total.